The SMILES string of the molecule is CC(C)(C)NS(=O)(=O)c1ccc(C(=O)Nc2cccc(N3CCC[C@H](O)C3)n2)c(N2CCC3(CC2)CC3)c1. The van der Waals surface area contributed by atoms with Gasteiger partial charge in [0.05, 0.1) is 22.3 Å². The number of hydrogen-bond donors (Lipinski definition) is 3. The number of benzene rings is 1. The second-order valence-electron chi connectivity index (χ2n) is 12.1. The van der Waals surface area contributed by atoms with Crippen molar-refractivity contribution in [2.24, 2.45) is 5.41 Å². The Morgan fingerprint density at radius 2 is 1.79 bits per heavy atom. The molecule has 3 fully saturated rings. The number of nitrogens with zero attached hydrogens (tertiary/aromatic N) is 3. The number of aliphatic hydroxyl groups excluding tert-OH is 1. The lowest BCUT2D eigenvalue weighted by Gasteiger charge is -2.35. The van der Waals surface area contributed by atoms with Crippen LogP contribution in [0.1, 0.15) is 69.7 Å². The molecule has 0 bridgehead atoms. The lowest BCUT2D eigenvalue weighted by Crippen LogP contribution is -2.40. The molecule has 1 spiro atoms. The third kappa shape index (κ3) is 6.13. The zero-order valence-electron chi connectivity index (χ0n) is 22.5. The number of piperidine rings is 2. The molecule has 38 heavy (non-hydrogen) atoms. The van der Waals surface area contributed by atoms with E-state index < -0.39 is 15.6 Å². The van der Waals surface area contributed by atoms with Crippen molar-refractivity contribution in [3.63, 3.8) is 0 Å². The minimum atomic E-state index is -3.76. The molecule has 9 nitrogen and oxygen atoms in total. The van der Waals surface area contributed by atoms with E-state index in [0.717, 1.165) is 45.3 Å². The standard InChI is InChI=1S/C28H39N5O4S/c1-27(2,3)31-38(36,37)21-9-10-22(23(18-21)32-16-13-28(11-12-28)14-17-32)26(35)30-24-7-4-8-25(29-24)33-15-5-6-20(34)19-33/h4,7-10,18,20,31,34H,5-6,11-17,19H2,1-3H3,(H,29,30,35)/t20-/m0/s1. The van der Waals surface area contributed by atoms with E-state index in [-0.39, 0.29) is 16.9 Å². The van der Waals surface area contributed by atoms with Crippen LogP contribution in [0.3, 0.4) is 0 Å². The number of carbonyl (C=O) groups is 1. The first-order chi connectivity index (χ1) is 17.9. The molecule has 1 saturated carbocycles. The van der Waals surface area contributed by atoms with Crippen LogP contribution in [0.15, 0.2) is 41.3 Å². The fraction of sp³-hybridized carbons (Fsp3) is 0.571. The number of nitrogens with one attached hydrogen (secondary N) is 2. The molecular formula is C28H39N5O4S. The van der Waals surface area contributed by atoms with Gasteiger partial charge in [-0.3, -0.25) is 4.79 Å². The Bertz CT molecular complexity index is 1290. The third-order valence-corrected chi connectivity index (χ3v) is 9.54. The zero-order valence-corrected chi connectivity index (χ0v) is 23.4. The van der Waals surface area contributed by atoms with Gasteiger partial charge in [-0.2, -0.15) is 0 Å². The van der Waals surface area contributed by atoms with E-state index in [1.165, 1.54) is 18.9 Å². The van der Waals surface area contributed by atoms with Gasteiger partial charge in [0.1, 0.15) is 11.6 Å². The average Bonchev–Trinajstić information content (AvgIpc) is 3.61. The van der Waals surface area contributed by atoms with Gasteiger partial charge >= 0.3 is 0 Å². The summed E-state index contributed by atoms with van der Waals surface area (Å²) in [5, 5.41) is 13.0. The van der Waals surface area contributed by atoms with Gasteiger partial charge in [-0.25, -0.2) is 18.1 Å². The van der Waals surface area contributed by atoms with Crippen LogP contribution in [0.5, 0.6) is 0 Å². The van der Waals surface area contributed by atoms with Gasteiger partial charge in [-0.05, 0) is 95.0 Å². The van der Waals surface area contributed by atoms with E-state index in [9.17, 15) is 18.3 Å². The number of aliphatic hydroxyl groups is 1. The Balaban J connectivity index is 1.42. The van der Waals surface area contributed by atoms with Crippen molar-refractivity contribution in [3.8, 4) is 0 Å². The number of hydrogen-bond acceptors (Lipinski definition) is 7. The van der Waals surface area contributed by atoms with Crippen molar-refractivity contribution in [2.45, 2.75) is 75.8 Å². The molecule has 0 unspecified atom stereocenters. The van der Waals surface area contributed by atoms with Gasteiger partial charge < -0.3 is 20.2 Å². The van der Waals surface area contributed by atoms with E-state index in [0.29, 0.717) is 34.8 Å². The summed E-state index contributed by atoms with van der Waals surface area (Å²) >= 11 is 0. The van der Waals surface area contributed by atoms with Gasteiger partial charge in [-0.15, -0.1) is 0 Å². The predicted molar refractivity (Wildman–Crippen MR) is 149 cm³/mol. The molecule has 1 atom stereocenters. The van der Waals surface area contributed by atoms with E-state index >= 15 is 0 Å². The summed E-state index contributed by atoms with van der Waals surface area (Å²) in [7, 11) is -3.76. The number of rotatable bonds is 6. The lowest BCUT2D eigenvalue weighted by molar-refractivity contribution is 0.102. The second kappa shape index (κ2) is 10.1. The number of carbonyl (C=O) groups excluding carboxylic acids is 1. The Kier molecular flexibility index (Phi) is 7.17. The van der Waals surface area contributed by atoms with Crippen molar-refractivity contribution in [1.29, 1.82) is 0 Å². The molecule has 2 aliphatic heterocycles. The van der Waals surface area contributed by atoms with E-state index in [4.69, 9.17) is 0 Å². The Hall–Kier alpha value is -2.69. The highest BCUT2D eigenvalue weighted by molar-refractivity contribution is 7.89. The predicted octanol–water partition coefficient (Wildman–Crippen LogP) is 3.75. The second-order valence-corrected chi connectivity index (χ2v) is 13.8. The highest BCUT2D eigenvalue weighted by atomic mass is 32.2. The summed E-state index contributed by atoms with van der Waals surface area (Å²) < 4.78 is 28.9. The highest BCUT2D eigenvalue weighted by Crippen LogP contribution is 2.54. The summed E-state index contributed by atoms with van der Waals surface area (Å²) in [6.45, 7) is 8.32. The summed E-state index contributed by atoms with van der Waals surface area (Å²) in [5.41, 5.74) is 0.875. The molecule has 3 heterocycles. The minimum Gasteiger partial charge on any atom is -0.391 e. The number of anilines is 3. The Labute approximate surface area is 225 Å². The molecule has 1 aromatic carbocycles. The molecule has 10 heteroatoms. The lowest BCUT2D eigenvalue weighted by atomic mass is 9.93. The fourth-order valence-electron chi connectivity index (χ4n) is 5.51. The highest BCUT2D eigenvalue weighted by Gasteiger charge is 2.44. The monoisotopic (exact) mass is 541 g/mol. The molecule has 1 aliphatic carbocycles. The van der Waals surface area contributed by atoms with Gasteiger partial charge in [0, 0.05) is 31.7 Å². The van der Waals surface area contributed by atoms with E-state index in [1.807, 2.05) is 17.0 Å². The molecular weight excluding hydrogens is 502 g/mol. The van der Waals surface area contributed by atoms with Gasteiger partial charge in [0.25, 0.3) is 5.91 Å². The third-order valence-electron chi connectivity index (χ3n) is 7.78. The maximum atomic E-state index is 13.6. The quantitative estimate of drug-likeness (QED) is 0.510. The van der Waals surface area contributed by atoms with Crippen LogP contribution >= 0.6 is 0 Å². The van der Waals surface area contributed by atoms with E-state index in [2.05, 4.69) is 19.9 Å². The van der Waals surface area contributed by atoms with Gasteiger partial charge in [0.2, 0.25) is 10.0 Å². The van der Waals surface area contributed by atoms with Crippen molar-refractivity contribution >= 4 is 33.3 Å². The van der Waals surface area contributed by atoms with Crippen molar-refractivity contribution in [2.75, 3.05) is 41.3 Å². The summed E-state index contributed by atoms with van der Waals surface area (Å²) in [6, 6.07) is 10.2. The Morgan fingerprint density at radius 1 is 1.05 bits per heavy atom. The van der Waals surface area contributed by atoms with Crippen LogP contribution in [0.2, 0.25) is 0 Å². The number of pyridine rings is 1. The summed E-state index contributed by atoms with van der Waals surface area (Å²) in [6.07, 6.45) is 5.91. The summed E-state index contributed by atoms with van der Waals surface area (Å²) in [5.74, 6) is 0.796. The molecule has 5 rings (SSSR count). The molecule has 1 amide bonds. The molecule has 0 radical (unpaired) electrons. The smallest absolute Gasteiger partial charge is 0.258 e. The number of sulfonamides is 1. The molecule has 206 valence electrons. The van der Waals surface area contributed by atoms with Gasteiger partial charge in [0.15, 0.2) is 0 Å². The first kappa shape index (κ1) is 26.9. The van der Waals surface area contributed by atoms with E-state index in [1.54, 1.807) is 39.0 Å². The molecule has 2 saturated heterocycles. The zero-order chi connectivity index (χ0) is 27.1. The fourth-order valence-corrected chi connectivity index (χ4v) is 6.95. The normalized spacial score (nSPS) is 21.4. The van der Waals surface area contributed by atoms with Crippen LogP contribution in [-0.4, -0.2) is 62.2 Å². The van der Waals surface area contributed by atoms with Gasteiger partial charge in [-0.1, -0.05) is 6.07 Å². The molecule has 2 aromatic rings. The minimum absolute atomic E-state index is 0.148. The molecule has 3 aliphatic rings. The number of amides is 1. The van der Waals surface area contributed by atoms with Crippen molar-refractivity contribution < 1.29 is 18.3 Å². The first-order valence-electron chi connectivity index (χ1n) is 13.6. The number of aromatic nitrogens is 1. The van der Waals surface area contributed by atoms with Crippen LogP contribution < -0.4 is 19.8 Å². The average molecular weight is 542 g/mol. The van der Waals surface area contributed by atoms with Crippen LogP contribution in [0.25, 0.3) is 0 Å². The maximum Gasteiger partial charge on any atom is 0.258 e. The van der Waals surface area contributed by atoms with Crippen molar-refractivity contribution in [1.82, 2.24) is 9.71 Å². The van der Waals surface area contributed by atoms with Crippen molar-refractivity contribution in [3.05, 3.63) is 42.0 Å². The molecule has 3 N–H and O–H groups in total. The molecule has 1 aromatic heterocycles. The van der Waals surface area contributed by atoms with Crippen LogP contribution in [0.4, 0.5) is 17.3 Å². The topological polar surface area (TPSA) is 115 Å². The first-order valence-corrected chi connectivity index (χ1v) is 15.1. The maximum absolute atomic E-state index is 13.6. The summed E-state index contributed by atoms with van der Waals surface area (Å²) in [4.78, 5) is 22.5. The number of β-amino-alcohol motifs (C(OH)–C–C–N with tert-alkyl or cyclic N) is 1. The Morgan fingerprint density at radius 3 is 2.45 bits per heavy atom. The largest absolute Gasteiger partial charge is 0.391 e. The van der Waals surface area contributed by atoms with Crippen LogP contribution in [-0.2, 0) is 10.0 Å². The van der Waals surface area contributed by atoms with Crippen LogP contribution in [0, 0.1) is 5.41 Å².